The molecule has 4 aromatic rings. The SMILES string of the molecule is Cc1c(-c2ccc(N3CC(C)OC(C)C3)nc2)cnc2c(-c3ccc(C#N)cc3)cccc12. The van der Waals surface area contributed by atoms with Crippen LogP contribution in [0.25, 0.3) is 33.2 Å². The zero-order valence-corrected chi connectivity index (χ0v) is 19.1. The molecule has 1 saturated heterocycles. The average molecular weight is 435 g/mol. The first-order chi connectivity index (χ1) is 16.0. The maximum absolute atomic E-state index is 9.08. The van der Waals surface area contributed by atoms with Crippen molar-refractivity contribution in [3.63, 3.8) is 0 Å². The third-order valence-corrected chi connectivity index (χ3v) is 6.29. The molecule has 2 unspecified atom stereocenters. The summed E-state index contributed by atoms with van der Waals surface area (Å²) in [6, 6.07) is 20.3. The van der Waals surface area contributed by atoms with E-state index in [4.69, 9.17) is 20.0 Å². The number of nitrogens with zero attached hydrogens (tertiary/aromatic N) is 4. The van der Waals surface area contributed by atoms with Gasteiger partial charge in [-0.1, -0.05) is 30.3 Å². The first-order valence-corrected chi connectivity index (χ1v) is 11.3. The number of aryl methyl sites for hydroxylation is 1. The van der Waals surface area contributed by atoms with Crippen molar-refractivity contribution < 1.29 is 4.74 Å². The molecule has 33 heavy (non-hydrogen) atoms. The van der Waals surface area contributed by atoms with Crippen molar-refractivity contribution in [3.05, 3.63) is 78.1 Å². The van der Waals surface area contributed by atoms with Crippen LogP contribution in [0.1, 0.15) is 25.0 Å². The lowest BCUT2D eigenvalue weighted by molar-refractivity contribution is -0.00545. The predicted octanol–water partition coefficient (Wildman–Crippen LogP) is 5.76. The first-order valence-electron chi connectivity index (χ1n) is 11.3. The molecule has 0 N–H and O–H groups in total. The van der Waals surface area contributed by atoms with E-state index < -0.39 is 0 Å². The fourth-order valence-electron chi connectivity index (χ4n) is 4.70. The monoisotopic (exact) mass is 434 g/mol. The number of anilines is 1. The van der Waals surface area contributed by atoms with Gasteiger partial charge in [0.05, 0.1) is 29.4 Å². The summed E-state index contributed by atoms with van der Waals surface area (Å²) in [5.74, 6) is 0.982. The summed E-state index contributed by atoms with van der Waals surface area (Å²) < 4.78 is 5.85. The van der Waals surface area contributed by atoms with E-state index in [1.807, 2.05) is 36.7 Å². The molecule has 2 aromatic carbocycles. The smallest absolute Gasteiger partial charge is 0.128 e. The van der Waals surface area contributed by atoms with Gasteiger partial charge in [0.1, 0.15) is 5.82 Å². The molecule has 5 rings (SSSR count). The summed E-state index contributed by atoms with van der Waals surface area (Å²) in [5.41, 5.74) is 7.06. The lowest BCUT2D eigenvalue weighted by atomic mass is 9.95. The highest BCUT2D eigenvalue weighted by Crippen LogP contribution is 2.34. The minimum atomic E-state index is 0.201. The van der Waals surface area contributed by atoms with Crippen LogP contribution in [0.3, 0.4) is 0 Å². The molecule has 0 saturated carbocycles. The third kappa shape index (κ3) is 4.06. The largest absolute Gasteiger partial charge is 0.372 e. The van der Waals surface area contributed by atoms with Crippen LogP contribution in [0.15, 0.2) is 67.0 Å². The van der Waals surface area contributed by atoms with E-state index in [2.05, 4.69) is 62.1 Å². The lowest BCUT2D eigenvalue weighted by Gasteiger charge is -2.36. The normalized spacial score (nSPS) is 18.3. The number of morpholine rings is 1. The summed E-state index contributed by atoms with van der Waals surface area (Å²) in [5, 5.41) is 10.2. The molecule has 1 aliphatic heterocycles. The van der Waals surface area contributed by atoms with Gasteiger partial charge in [-0.3, -0.25) is 4.98 Å². The van der Waals surface area contributed by atoms with Crippen LogP contribution in [-0.2, 0) is 4.74 Å². The second-order valence-corrected chi connectivity index (χ2v) is 8.76. The molecule has 5 nitrogen and oxygen atoms in total. The molecule has 5 heteroatoms. The molecule has 3 heterocycles. The zero-order chi connectivity index (χ0) is 22.9. The number of hydrogen-bond acceptors (Lipinski definition) is 5. The molecule has 1 aliphatic rings. The molecule has 2 atom stereocenters. The predicted molar refractivity (Wildman–Crippen MR) is 132 cm³/mol. The van der Waals surface area contributed by atoms with Crippen LogP contribution in [0.4, 0.5) is 5.82 Å². The Hall–Kier alpha value is -3.75. The Balaban J connectivity index is 1.49. The Morgan fingerprint density at radius 1 is 0.879 bits per heavy atom. The van der Waals surface area contributed by atoms with Crippen molar-refractivity contribution in [2.75, 3.05) is 18.0 Å². The summed E-state index contributed by atoms with van der Waals surface area (Å²) in [4.78, 5) is 11.9. The molecular weight excluding hydrogens is 408 g/mol. The quantitative estimate of drug-likeness (QED) is 0.410. The summed E-state index contributed by atoms with van der Waals surface area (Å²) in [6.45, 7) is 8.05. The second-order valence-electron chi connectivity index (χ2n) is 8.76. The van der Waals surface area contributed by atoms with E-state index in [1.54, 1.807) is 0 Å². The maximum Gasteiger partial charge on any atom is 0.128 e. The van der Waals surface area contributed by atoms with Crippen LogP contribution in [0.2, 0.25) is 0 Å². The second kappa shape index (κ2) is 8.65. The minimum absolute atomic E-state index is 0.201. The third-order valence-electron chi connectivity index (χ3n) is 6.29. The number of aromatic nitrogens is 2. The zero-order valence-electron chi connectivity index (χ0n) is 19.1. The first kappa shape index (κ1) is 21.1. The van der Waals surface area contributed by atoms with Gasteiger partial charge in [0.2, 0.25) is 0 Å². The minimum Gasteiger partial charge on any atom is -0.372 e. The number of para-hydroxylation sites is 1. The van der Waals surface area contributed by atoms with Crippen molar-refractivity contribution in [2.24, 2.45) is 0 Å². The Bertz CT molecular complexity index is 1330. The number of nitriles is 1. The number of fused-ring (bicyclic) bond motifs is 1. The highest BCUT2D eigenvalue weighted by Gasteiger charge is 2.23. The highest BCUT2D eigenvalue weighted by atomic mass is 16.5. The molecule has 0 aliphatic carbocycles. The molecule has 0 bridgehead atoms. The number of benzene rings is 2. The number of pyridine rings is 2. The molecule has 0 amide bonds. The number of hydrogen-bond donors (Lipinski definition) is 0. The Labute approximate surface area is 194 Å². The van der Waals surface area contributed by atoms with Gasteiger partial charge in [-0.15, -0.1) is 0 Å². The fraction of sp³-hybridized carbons (Fsp3) is 0.250. The molecule has 0 spiro atoms. The average Bonchev–Trinajstić information content (AvgIpc) is 2.84. The Morgan fingerprint density at radius 3 is 2.27 bits per heavy atom. The van der Waals surface area contributed by atoms with Gasteiger partial charge >= 0.3 is 0 Å². The van der Waals surface area contributed by atoms with Crippen LogP contribution in [0.5, 0.6) is 0 Å². The summed E-state index contributed by atoms with van der Waals surface area (Å²) in [7, 11) is 0. The van der Waals surface area contributed by atoms with Gasteiger partial charge in [0, 0.05) is 47.6 Å². The lowest BCUT2D eigenvalue weighted by Crippen LogP contribution is -2.45. The van der Waals surface area contributed by atoms with Crippen molar-refractivity contribution in [2.45, 2.75) is 33.0 Å². The van der Waals surface area contributed by atoms with Gasteiger partial charge in [-0.05, 0) is 56.2 Å². The molecule has 1 fully saturated rings. The summed E-state index contributed by atoms with van der Waals surface area (Å²) in [6.07, 6.45) is 4.29. The van der Waals surface area contributed by atoms with Crippen LogP contribution in [0, 0.1) is 18.3 Å². The van der Waals surface area contributed by atoms with Gasteiger partial charge in [-0.2, -0.15) is 5.26 Å². The highest BCUT2D eigenvalue weighted by molar-refractivity contribution is 5.98. The van der Waals surface area contributed by atoms with Crippen molar-refractivity contribution >= 4 is 16.7 Å². The van der Waals surface area contributed by atoms with E-state index in [-0.39, 0.29) is 12.2 Å². The van der Waals surface area contributed by atoms with Crippen molar-refractivity contribution in [3.8, 4) is 28.3 Å². The maximum atomic E-state index is 9.08. The van der Waals surface area contributed by atoms with Crippen LogP contribution >= 0.6 is 0 Å². The number of ether oxygens (including phenoxy) is 1. The van der Waals surface area contributed by atoms with Gasteiger partial charge < -0.3 is 9.64 Å². The standard InChI is InChI=1S/C28H26N4O/c1-18-16-32(17-19(2)33-18)27-12-11-23(14-30-27)26-15-31-28-24(20(26)3)5-4-6-25(28)22-9-7-21(13-29)8-10-22/h4-12,14-15,18-19H,16-17H2,1-3H3. The van der Waals surface area contributed by atoms with Gasteiger partial charge in [0.25, 0.3) is 0 Å². The molecule has 0 radical (unpaired) electrons. The van der Waals surface area contributed by atoms with Gasteiger partial charge in [-0.25, -0.2) is 4.98 Å². The fourth-order valence-corrected chi connectivity index (χ4v) is 4.70. The Morgan fingerprint density at radius 2 is 1.61 bits per heavy atom. The van der Waals surface area contributed by atoms with E-state index >= 15 is 0 Å². The van der Waals surface area contributed by atoms with Crippen molar-refractivity contribution in [1.29, 1.82) is 5.26 Å². The van der Waals surface area contributed by atoms with E-state index in [0.29, 0.717) is 5.56 Å². The van der Waals surface area contributed by atoms with Gasteiger partial charge in [0.15, 0.2) is 0 Å². The molecule has 2 aromatic heterocycles. The molecular formula is C28H26N4O. The van der Waals surface area contributed by atoms with Crippen LogP contribution in [-0.4, -0.2) is 35.3 Å². The topological polar surface area (TPSA) is 62.0 Å². The van der Waals surface area contributed by atoms with Crippen LogP contribution < -0.4 is 4.90 Å². The van der Waals surface area contributed by atoms with E-state index in [1.165, 1.54) is 5.56 Å². The Kier molecular flexibility index (Phi) is 5.53. The molecule has 164 valence electrons. The van der Waals surface area contributed by atoms with E-state index in [0.717, 1.165) is 52.1 Å². The number of rotatable bonds is 3. The summed E-state index contributed by atoms with van der Waals surface area (Å²) >= 11 is 0. The van der Waals surface area contributed by atoms with Crippen molar-refractivity contribution in [1.82, 2.24) is 9.97 Å². The van der Waals surface area contributed by atoms with E-state index in [9.17, 15) is 0 Å².